The minimum atomic E-state index is -0.454. The first-order valence-electron chi connectivity index (χ1n) is 10.5. The minimum absolute atomic E-state index is 0.105. The molecule has 6 rings (SSSR count). The first-order chi connectivity index (χ1) is 15.6. The van der Waals surface area contributed by atoms with Crippen LogP contribution in [0, 0.1) is 0 Å². The SMILES string of the molecule is Oc1c([C@H](c2cccc(Br)c2)N2CCC3(CC2)OCCO3)sc2nc(-c3ccco3)nn12. The van der Waals surface area contributed by atoms with Gasteiger partial charge in [-0.15, -0.1) is 5.10 Å². The number of benzene rings is 1. The van der Waals surface area contributed by atoms with E-state index < -0.39 is 5.79 Å². The van der Waals surface area contributed by atoms with Gasteiger partial charge in [-0.25, -0.2) is 0 Å². The third-order valence-corrected chi connectivity index (χ3v) is 7.66. The molecule has 0 aliphatic carbocycles. The average Bonchev–Trinajstić information content (AvgIpc) is 3.58. The molecule has 2 saturated heterocycles. The van der Waals surface area contributed by atoms with Gasteiger partial charge in [0.1, 0.15) is 0 Å². The lowest BCUT2D eigenvalue weighted by molar-refractivity contribution is -0.187. The lowest BCUT2D eigenvalue weighted by atomic mass is 9.97. The first kappa shape index (κ1) is 20.4. The highest BCUT2D eigenvalue weighted by Crippen LogP contribution is 2.43. The second kappa shape index (κ2) is 7.96. The molecule has 1 spiro atoms. The molecule has 4 aromatic rings. The maximum Gasteiger partial charge on any atom is 0.230 e. The molecule has 0 radical (unpaired) electrons. The summed E-state index contributed by atoms with van der Waals surface area (Å²) in [5.74, 6) is 0.680. The zero-order chi connectivity index (χ0) is 21.7. The van der Waals surface area contributed by atoms with Gasteiger partial charge in [0.15, 0.2) is 11.5 Å². The number of aromatic hydroxyl groups is 1. The summed E-state index contributed by atoms with van der Waals surface area (Å²) in [6, 6.07) is 11.7. The number of hydrogen-bond acceptors (Lipinski definition) is 8. The summed E-state index contributed by atoms with van der Waals surface area (Å²) in [6.07, 6.45) is 3.17. The van der Waals surface area contributed by atoms with Gasteiger partial charge in [0.2, 0.25) is 16.7 Å². The predicted molar refractivity (Wildman–Crippen MR) is 122 cm³/mol. The molecule has 166 valence electrons. The van der Waals surface area contributed by atoms with Crippen molar-refractivity contribution in [3.63, 3.8) is 0 Å². The van der Waals surface area contributed by atoms with E-state index in [9.17, 15) is 5.11 Å². The molecular weight excluding hydrogens is 496 g/mol. The molecule has 1 atom stereocenters. The Balaban J connectivity index is 1.38. The lowest BCUT2D eigenvalue weighted by Gasteiger charge is -2.41. The molecule has 5 heterocycles. The summed E-state index contributed by atoms with van der Waals surface area (Å²) in [7, 11) is 0. The molecule has 0 saturated carbocycles. The molecule has 2 aliphatic heterocycles. The third kappa shape index (κ3) is 3.46. The van der Waals surface area contributed by atoms with Crippen molar-refractivity contribution in [2.75, 3.05) is 26.3 Å². The summed E-state index contributed by atoms with van der Waals surface area (Å²) >= 11 is 5.04. The Labute approximate surface area is 196 Å². The van der Waals surface area contributed by atoms with E-state index in [1.54, 1.807) is 18.4 Å². The van der Waals surface area contributed by atoms with E-state index in [1.807, 2.05) is 12.1 Å². The molecule has 3 aromatic heterocycles. The fourth-order valence-electron chi connectivity index (χ4n) is 4.55. The first-order valence-corrected chi connectivity index (χ1v) is 12.1. The number of halogens is 1. The zero-order valence-corrected chi connectivity index (χ0v) is 19.5. The summed E-state index contributed by atoms with van der Waals surface area (Å²) in [4.78, 5) is 8.39. The van der Waals surface area contributed by atoms with Crippen LogP contribution in [-0.4, -0.2) is 56.7 Å². The number of piperidine rings is 1. The van der Waals surface area contributed by atoms with E-state index in [1.165, 1.54) is 15.9 Å². The van der Waals surface area contributed by atoms with Crippen molar-refractivity contribution in [2.45, 2.75) is 24.7 Å². The van der Waals surface area contributed by atoms with Gasteiger partial charge in [-0.3, -0.25) is 4.90 Å². The van der Waals surface area contributed by atoms with Crippen LogP contribution in [0.5, 0.6) is 5.88 Å². The average molecular weight is 517 g/mol. The van der Waals surface area contributed by atoms with Crippen molar-refractivity contribution in [1.82, 2.24) is 19.5 Å². The number of aromatic nitrogens is 3. The number of fused-ring (bicyclic) bond motifs is 1. The highest BCUT2D eigenvalue weighted by atomic mass is 79.9. The van der Waals surface area contributed by atoms with Crippen LogP contribution in [0.2, 0.25) is 0 Å². The number of rotatable bonds is 4. The number of furan rings is 1. The van der Waals surface area contributed by atoms with Crippen LogP contribution in [0.1, 0.15) is 29.3 Å². The summed E-state index contributed by atoms with van der Waals surface area (Å²) in [6.45, 7) is 2.90. The standard InChI is InChI=1S/C22H21BrN4O4S/c23-15-4-1-3-14(13-15)17(26-8-6-22(7-9-26)30-11-12-31-22)18-20(28)27-21(32-18)24-19(25-27)16-5-2-10-29-16/h1-5,10,13,17,28H,6-9,11-12H2/t17-/m0/s1. The van der Waals surface area contributed by atoms with Crippen LogP contribution in [0.25, 0.3) is 16.5 Å². The summed E-state index contributed by atoms with van der Waals surface area (Å²) in [5, 5.41) is 15.7. The minimum Gasteiger partial charge on any atom is -0.492 e. The van der Waals surface area contributed by atoms with Crippen molar-refractivity contribution < 1.29 is 19.0 Å². The van der Waals surface area contributed by atoms with E-state index >= 15 is 0 Å². The number of thiazole rings is 1. The van der Waals surface area contributed by atoms with E-state index in [0.717, 1.165) is 40.8 Å². The summed E-state index contributed by atoms with van der Waals surface area (Å²) < 4.78 is 19.7. The maximum absolute atomic E-state index is 11.2. The number of likely N-dealkylation sites (tertiary alicyclic amines) is 1. The number of hydrogen-bond donors (Lipinski definition) is 1. The van der Waals surface area contributed by atoms with Crippen molar-refractivity contribution in [3.8, 4) is 17.5 Å². The number of nitrogens with zero attached hydrogens (tertiary/aromatic N) is 4. The van der Waals surface area contributed by atoms with Crippen LogP contribution >= 0.6 is 27.3 Å². The second-order valence-corrected chi connectivity index (χ2v) is 9.92. The van der Waals surface area contributed by atoms with Gasteiger partial charge in [-0.2, -0.15) is 9.50 Å². The third-order valence-electron chi connectivity index (χ3n) is 6.09. The molecule has 0 unspecified atom stereocenters. The van der Waals surface area contributed by atoms with Gasteiger partial charge in [0.25, 0.3) is 0 Å². The highest BCUT2D eigenvalue weighted by Gasteiger charge is 2.42. The molecular formula is C22H21BrN4O4S. The highest BCUT2D eigenvalue weighted by molar-refractivity contribution is 9.10. The quantitative estimate of drug-likeness (QED) is 0.428. The molecule has 8 nitrogen and oxygen atoms in total. The van der Waals surface area contributed by atoms with Gasteiger partial charge in [0, 0.05) is 30.4 Å². The summed E-state index contributed by atoms with van der Waals surface area (Å²) in [5.41, 5.74) is 1.09. The van der Waals surface area contributed by atoms with E-state index in [-0.39, 0.29) is 11.9 Å². The van der Waals surface area contributed by atoms with Crippen LogP contribution in [0.4, 0.5) is 0 Å². The normalized spacial score (nSPS) is 19.8. The van der Waals surface area contributed by atoms with Crippen molar-refractivity contribution in [1.29, 1.82) is 0 Å². The Morgan fingerprint density at radius 3 is 2.62 bits per heavy atom. The van der Waals surface area contributed by atoms with Crippen molar-refractivity contribution in [3.05, 3.63) is 57.6 Å². The number of ether oxygens (including phenoxy) is 2. The van der Waals surface area contributed by atoms with Crippen molar-refractivity contribution in [2.24, 2.45) is 0 Å². The molecule has 1 aromatic carbocycles. The Bertz CT molecular complexity index is 1240. The Morgan fingerprint density at radius 1 is 1.12 bits per heavy atom. The molecule has 32 heavy (non-hydrogen) atoms. The van der Waals surface area contributed by atoms with Crippen LogP contribution in [0.15, 0.2) is 51.6 Å². The molecule has 1 N–H and O–H groups in total. The van der Waals surface area contributed by atoms with E-state index in [2.05, 4.69) is 43.0 Å². The Morgan fingerprint density at radius 2 is 1.94 bits per heavy atom. The van der Waals surface area contributed by atoms with Gasteiger partial charge in [-0.1, -0.05) is 39.4 Å². The van der Waals surface area contributed by atoms with Crippen molar-refractivity contribution >= 4 is 32.2 Å². The van der Waals surface area contributed by atoms with Gasteiger partial charge in [-0.05, 0) is 29.8 Å². The monoisotopic (exact) mass is 516 g/mol. The fourth-order valence-corrected chi connectivity index (χ4v) is 6.09. The molecule has 10 heteroatoms. The lowest BCUT2D eigenvalue weighted by Crippen LogP contribution is -2.46. The second-order valence-electron chi connectivity index (χ2n) is 8.00. The topological polar surface area (TPSA) is 85.3 Å². The van der Waals surface area contributed by atoms with E-state index in [4.69, 9.17) is 13.9 Å². The fraction of sp³-hybridized carbons (Fsp3) is 0.364. The van der Waals surface area contributed by atoms with Crippen LogP contribution in [0.3, 0.4) is 0 Å². The Hall–Kier alpha value is -2.24. The van der Waals surface area contributed by atoms with Crippen LogP contribution < -0.4 is 0 Å². The van der Waals surface area contributed by atoms with Gasteiger partial charge in [0.05, 0.1) is 30.4 Å². The smallest absolute Gasteiger partial charge is 0.230 e. The molecule has 2 fully saturated rings. The largest absolute Gasteiger partial charge is 0.492 e. The molecule has 0 bridgehead atoms. The zero-order valence-electron chi connectivity index (χ0n) is 17.1. The maximum atomic E-state index is 11.2. The van der Waals surface area contributed by atoms with Crippen LogP contribution in [-0.2, 0) is 9.47 Å². The predicted octanol–water partition coefficient (Wildman–Crippen LogP) is 4.45. The molecule has 0 amide bonds. The Kier molecular flexibility index (Phi) is 5.07. The molecule has 2 aliphatic rings. The van der Waals surface area contributed by atoms with E-state index in [0.29, 0.717) is 29.8 Å². The van der Waals surface area contributed by atoms with Gasteiger partial charge >= 0.3 is 0 Å². The van der Waals surface area contributed by atoms with Gasteiger partial charge < -0.3 is 19.0 Å².